The van der Waals surface area contributed by atoms with Crippen LogP contribution in [0, 0.1) is 13.8 Å². The quantitative estimate of drug-likeness (QED) is 0.173. The van der Waals surface area contributed by atoms with Gasteiger partial charge in [-0.2, -0.15) is 0 Å². The second kappa shape index (κ2) is 14.5. The van der Waals surface area contributed by atoms with Gasteiger partial charge in [0.1, 0.15) is 0 Å². The van der Waals surface area contributed by atoms with Crippen molar-refractivity contribution in [1.82, 2.24) is 0 Å². The van der Waals surface area contributed by atoms with E-state index in [-0.39, 0.29) is 10.8 Å². The Kier molecular flexibility index (Phi) is 8.63. The molecule has 0 aliphatic carbocycles. The third-order valence-corrected chi connectivity index (χ3v) is 19.4. The van der Waals surface area contributed by atoms with Gasteiger partial charge in [-0.3, -0.25) is 0 Å². The Morgan fingerprint density at radius 1 is 0.338 bits per heavy atom. The molecule has 68 heavy (non-hydrogen) atoms. The fourth-order valence-electron chi connectivity index (χ4n) is 11.6. The molecule has 12 aromatic rings. The third kappa shape index (κ3) is 5.78. The van der Waals surface area contributed by atoms with E-state index >= 15 is 0 Å². The predicted molar refractivity (Wildman–Crippen MR) is 299 cm³/mol. The van der Waals surface area contributed by atoms with Crippen molar-refractivity contribution in [3.8, 4) is 20.9 Å². The Hall–Kier alpha value is -6.54. The van der Waals surface area contributed by atoms with Crippen LogP contribution in [0.2, 0.25) is 0 Å². The molecule has 6 heteroatoms. The monoisotopic (exact) mass is 946 g/mol. The van der Waals surface area contributed by atoms with Gasteiger partial charge in [-0.1, -0.05) is 100 Å². The summed E-state index contributed by atoms with van der Waals surface area (Å²) >= 11 is 7.57. The molecule has 6 heterocycles. The van der Waals surface area contributed by atoms with E-state index < -0.39 is 0 Å². The largest absolute Gasteiger partial charge is 0.310 e. The summed E-state index contributed by atoms with van der Waals surface area (Å²) in [6.45, 7) is 14.1. The number of benzene rings is 8. The van der Waals surface area contributed by atoms with E-state index in [0.717, 1.165) is 0 Å². The minimum absolute atomic E-state index is 0.208. The maximum atomic E-state index is 2.61. The first-order valence-electron chi connectivity index (χ1n) is 23.5. The molecule has 0 unspecified atom stereocenters. The molecule has 2 nitrogen and oxygen atoms in total. The van der Waals surface area contributed by atoms with Gasteiger partial charge in [0, 0.05) is 87.5 Å². The molecule has 0 bridgehead atoms. The van der Waals surface area contributed by atoms with E-state index in [1.165, 1.54) is 138 Å². The summed E-state index contributed by atoms with van der Waals surface area (Å²) < 4.78 is 5.29. The van der Waals surface area contributed by atoms with Crippen LogP contribution < -0.4 is 9.80 Å². The van der Waals surface area contributed by atoms with E-state index in [0.29, 0.717) is 0 Å². The van der Waals surface area contributed by atoms with E-state index in [9.17, 15) is 0 Å². The second-order valence-electron chi connectivity index (χ2n) is 19.8. The van der Waals surface area contributed by atoms with Crippen LogP contribution in [0.4, 0.5) is 34.1 Å². The van der Waals surface area contributed by atoms with Crippen molar-refractivity contribution in [2.45, 2.75) is 52.4 Å². The molecule has 2 aliphatic rings. The van der Waals surface area contributed by atoms with Crippen LogP contribution in [0.1, 0.15) is 59.7 Å². The SMILES string of the molecule is Cc1ccc(-c2cc3cc(N4c5ccccc5C(C)(C)c5cc6c(cc54)sc4ccccc46)cc(-c4ccc(C)s4)c3cc2N2c3ccccc3C(C)(C)c3cc4c(cc32)sc2ccccc24)s1. The molecule has 0 fully saturated rings. The van der Waals surface area contributed by atoms with Crippen molar-refractivity contribution in [3.05, 3.63) is 202 Å². The van der Waals surface area contributed by atoms with Crippen molar-refractivity contribution in [3.63, 3.8) is 0 Å². The molecule has 0 saturated heterocycles. The number of hydrogen-bond donors (Lipinski definition) is 0. The zero-order valence-corrected chi connectivity index (χ0v) is 42.0. The molecule has 14 rings (SSSR count). The van der Waals surface area contributed by atoms with Crippen LogP contribution in [0.5, 0.6) is 0 Å². The lowest BCUT2D eigenvalue weighted by atomic mass is 9.73. The molecule has 0 radical (unpaired) electrons. The lowest BCUT2D eigenvalue weighted by Gasteiger charge is -2.43. The number of nitrogens with zero attached hydrogens (tertiary/aromatic N) is 2. The third-order valence-electron chi connectivity index (χ3n) is 15.0. The fraction of sp³-hybridized carbons (Fsp3) is 0.129. The van der Waals surface area contributed by atoms with Crippen molar-refractivity contribution in [1.29, 1.82) is 0 Å². The highest BCUT2D eigenvalue weighted by molar-refractivity contribution is 7.26. The zero-order valence-electron chi connectivity index (χ0n) is 38.7. The van der Waals surface area contributed by atoms with E-state index in [2.05, 4.69) is 221 Å². The Balaban J connectivity index is 1.07. The molecule has 0 spiro atoms. The number of thiophene rings is 4. The molecule has 8 aromatic carbocycles. The van der Waals surface area contributed by atoms with Gasteiger partial charge in [-0.05, 0) is 144 Å². The van der Waals surface area contributed by atoms with Crippen LogP contribution in [-0.2, 0) is 10.8 Å². The summed E-state index contributed by atoms with van der Waals surface area (Å²) in [7, 11) is 0. The highest BCUT2D eigenvalue weighted by Gasteiger charge is 2.40. The second-order valence-corrected chi connectivity index (χ2v) is 24.5. The summed E-state index contributed by atoms with van der Waals surface area (Å²) in [4.78, 5) is 10.3. The summed E-state index contributed by atoms with van der Waals surface area (Å²) in [5.41, 5.74) is 14.8. The maximum Gasteiger partial charge on any atom is 0.0555 e. The predicted octanol–water partition coefficient (Wildman–Crippen LogP) is 19.9. The highest BCUT2D eigenvalue weighted by Crippen LogP contribution is 2.59. The number of rotatable bonds is 4. The van der Waals surface area contributed by atoms with Gasteiger partial charge in [-0.15, -0.1) is 45.3 Å². The van der Waals surface area contributed by atoms with Crippen LogP contribution in [-0.4, -0.2) is 0 Å². The molecular formula is C62H46N2S4. The lowest BCUT2D eigenvalue weighted by Crippen LogP contribution is -2.30. The molecule has 4 aromatic heterocycles. The van der Waals surface area contributed by atoms with Crippen LogP contribution >= 0.6 is 45.3 Å². The molecule has 0 atom stereocenters. The van der Waals surface area contributed by atoms with Gasteiger partial charge in [0.2, 0.25) is 0 Å². The molecule has 0 amide bonds. The van der Waals surface area contributed by atoms with Gasteiger partial charge in [0.05, 0.1) is 28.4 Å². The average Bonchev–Trinajstić information content (AvgIpc) is 4.15. The topological polar surface area (TPSA) is 6.48 Å². The molecule has 0 saturated carbocycles. The van der Waals surface area contributed by atoms with Gasteiger partial charge in [0.25, 0.3) is 0 Å². The van der Waals surface area contributed by atoms with E-state index in [4.69, 9.17) is 0 Å². The van der Waals surface area contributed by atoms with Crippen molar-refractivity contribution in [2.24, 2.45) is 0 Å². The number of fused-ring (bicyclic) bond motifs is 11. The molecular weight excluding hydrogens is 901 g/mol. The van der Waals surface area contributed by atoms with E-state index in [1.807, 2.05) is 45.3 Å². The van der Waals surface area contributed by atoms with Crippen molar-refractivity contribution < 1.29 is 0 Å². The Labute approximate surface area is 412 Å². The standard InChI is InChI=1S/C62H46N2S4/c1-35-23-25-57(65-35)42-29-38(63-50-19-11-9-17-46(50)61(3,4)48-30-43-39-15-7-13-21-55(39)67-59(43)33-53(48)63)27-37-28-45(58-26-24-36(2)66-58)52(32-41(37)42)64-51-20-12-10-18-47(51)62(5,6)49-31-44-40-16-8-14-22-56(40)68-60(44)34-54(49)64/h7-34H,1-6H3. The lowest BCUT2D eigenvalue weighted by molar-refractivity contribution is 0.633. The smallest absolute Gasteiger partial charge is 0.0555 e. The first-order chi connectivity index (χ1) is 33.0. The Morgan fingerprint density at radius 2 is 0.838 bits per heavy atom. The van der Waals surface area contributed by atoms with Crippen LogP contribution in [0.15, 0.2) is 170 Å². The molecule has 328 valence electrons. The summed E-state index contributed by atoms with van der Waals surface area (Å²) in [6, 6.07) is 65.3. The number of aryl methyl sites for hydroxylation is 2. The highest BCUT2D eigenvalue weighted by atomic mass is 32.1. The number of para-hydroxylation sites is 2. The van der Waals surface area contributed by atoms with Gasteiger partial charge < -0.3 is 9.80 Å². The summed E-state index contributed by atoms with van der Waals surface area (Å²) in [5.74, 6) is 0. The summed E-state index contributed by atoms with van der Waals surface area (Å²) in [5, 5.41) is 7.82. The summed E-state index contributed by atoms with van der Waals surface area (Å²) in [6.07, 6.45) is 0. The first kappa shape index (κ1) is 40.5. The van der Waals surface area contributed by atoms with Crippen molar-refractivity contribution >= 4 is 131 Å². The minimum Gasteiger partial charge on any atom is -0.310 e. The zero-order chi connectivity index (χ0) is 45.8. The minimum atomic E-state index is -0.220. The van der Waals surface area contributed by atoms with Gasteiger partial charge in [0.15, 0.2) is 0 Å². The number of anilines is 6. The van der Waals surface area contributed by atoms with Crippen molar-refractivity contribution in [2.75, 3.05) is 9.80 Å². The van der Waals surface area contributed by atoms with Crippen LogP contribution in [0.3, 0.4) is 0 Å². The maximum absolute atomic E-state index is 2.61. The van der Waals surface area contributed by atoms with Gasteiger partial charge in [-0.25, -0.2) is 0 Å². The molecule has 2 aliphatic heterocycles. The fourth-order valence-corrected chi connectivity index (χ4v) is 15.7. The van der Waals surface area contributed by atoms with Gasteiger partial charge >= 0.3 is 0 Å². The normalized spacial score (nSPS) is 14.8. The number of hydrogen-bond acceptors (Lipinski definition) is 6. The average molecular weight is 947 g/mol. The van der Waals surface area contributed by atoms with Crippen LogP contribution in [0.25, 0.3) is 72.0 Å². The Morgan fingerprint density at radius 3 is 1.40 bits per heavy atom. The van der Waals surface area contributed by atoms with E-state index in [1.54, 1.807) is 0 Å². The molecule has 0 N–H and O–H groups in total. The Bertz CT molecular complexity index is 4100. The first-order valence-corrected chi connectivity index (χ1v) is 26.7.